The van der Waals surface area contributed by atoms with Gasteiger partial charge in [-0.2, -0.15) is 4.98 Å². The number of rotatable bonds is 3. The predicted octanol–water partition coefficient (Wildman–Crippen LogP) is 0.0103. The molecule has 7 nitrogen and oxygen atoms in total. The first-order valence-corrected chi connectivity index (χ1v) is 5.39. The number of ether oxygens (including phenoxy) is 1. The van der Waals surface area contributed by atoms with Gasteiger partial charge < -0.3 is 15.0 Å². The highest BCUT2D eigenvalue weighted by Crippen LogP contribution is 2.17. The Labute approximate surface area is 96.6 Å². The lowest BCUT2D eigenvalue weighted by atomic mass is 10.2. The van der Waals surface area contributed by atoms with E-state index in [0.29, 0.717) is 30.1 Å². The predicted molar refractivity (Wildman–Crippen MR) is 58.3 cm³/mol. The molecule has 1 aliphatic rings. The second kappa shape index (κ2) is 4.00. The summed E-state index contributed by atoms with van der Waals surface area (Å²) in [5.74, 6) is 0.543. The van der Waals surface area contributed by atoms with Gasteiger partial charge in [-0.15, -0.1) is 0 Å². The highest BCUT2D eigenvalue weighted by Gasteiger charge is 2.21. The van der Waals surface area contributed by atoms with Gasteiger partial charge in [-0.25, -0.2) is 9.97 Å². The zero-order valence-electron chi connectivity index (χ0n) is 9.01. The van der Waals surface area contributed by atoms with Crippen molar-refractivity contribution in [3.63, 3.8) is 0 Å². The van der Waals surface area contributed by atoms with Crippen LogP contribution in [0, 0.1) is 0 Å². The van der Waals surface area contributed by atoms with Crippen molar-refractivity contribution in [2.24, 2.45) is 0 Å². The maximum atomic E-state index is 11.0. The molecule has 1 amide bonds. The van der Waals surface area contributed by atoms with Crippen LogP contribution in [0.5, 0.6) is 5.88 Å². The van der Waals surface area contributed by atoms with Crippen molar-refractivity contribution >= 4 is 17.1 Å². The summed E-state index contributed by atoms with van der Waals surface area (Å²) < 4.78 is 5.57. The zero-order valence-corrected chi connectivity index (χ0v) is 9.01. The average molecular weight is 233 g/mol. The second-order valence-electron chi connectivity index (χ2n) is 3.89. The second-order valence-corrected chi connectivity index (χ2v) is 3.89. The van der Waals surface area contributed by atoms with E-state index in [4.69, 9.17) is 4.74 Å². The highest BCUT2D eigenvalue weighted by molar-refractivity contribution is 5.78. The normalized spacial score (nSPS) is 19.5. The topological polar surface area (TPSA) is 92.8 Å². The number of hydrogen-bond donors (Lipinski definition) is 2. The van der Waals surface area contributed by atoms with Gasteiger partial charge in [0.15, 0.2) is 5.65 Å². The standard InChI is InChI=1S/C10H11N5O2/c16-7-2-1-6(15-7)3-17-10-8-9(12-4-11-8)13-5-14-10/h4-6H,1-3H2,(H,15,16)(H,11,12,13,14). The van der Waals surface area contributed by atoms with Crippen molar-refractivity contribution < 1.29 is 9.53 Å². The lowest BCUT2D eigenvalue weighted by Crippen LogP contribution is -2.31. The number of nitrogens with one attached hydrogen (secondary N) is 2. The van der Waals surface area contributed by atoms with E-state index in [-0.39, 0.29) is 11.9 Å². The number of H-pyrrole nitrogens is 1. The Balaban J connectivity index is 1.72. The van der Waals surface area contributed by atoms with Crippen LogP contribution in [0.4, 0.5) is 0 Å². The number of aromatic amines is 1. The molecule has 2 aromatic rings. The molecule has 17 heavy (non-hydrogen) atoms. The maximum absolute atomic E-state index is 11.0. The smallest absolute Gasteiger partial charge is 0.243 e. The Kier molecular flexibility index (Phi) is 2.36. The summed E-state index contributed by atoms with van der Waals surface area (Å²) in [6.45, 7) is 0.414. The van der Waals surface area contributed by atoms with Crippen molar-refractivity contribution in [2.75, 3.05) is 6.61 Å². The summed E-state index contributed by atoms with van der Waals surface area (Å²) in [4.78, 5) is 26.0. The fraction of sp³-hybridized carbons (Fsp3) is 0.400. The van der Waals surface area contributed by atoms with Gasteiger partial charge in [0.25, 0.3) is 0 Å². The minimum Gasteiger partial charge on any atom is -0.474 e. The van der Waals surface area contributed by atoms with E-state index in [2.05, 4.69) is 25.3 Å². The summed E-state index contributed by atoms with van der Waals surface area (Å²) >= 11 is 0. The Morgan fingerprint density at radius 2 is 2.35 bits per heavy atom. The van der Waals surface area contributed by atoms with Gasteiger partial charge in [-0.05, 0) is 6.42 Å². The van der Waals surface area contributed by atoms with Crippen molar-refractivity contribution in [1.82, 2.24) is 25.3 Å². The molecule has 0 aliphatic carbocycles. The number of aromatic nitrogens is 4. The molecule has 1 unspecified atom stereocenters. The minimum atomic E-state index is 0.0652. The molecule has 2 N–H and O–H groups in total. The molecule has 1 fully saturated rings. The molecular weight excluding hydrogens is 222 g/mol. The van der Waals surface area contributed by atoms with E-state index in [1.54, 1.807) is 6.33 Å². The van der Waals surface area contributed by atoms with Crippen LogP contribution >= 0.6 is 0 Å². The van der Waals surface area contributed by atoms with Crippen molar-refractivity contribution in [3.8, 4) is 5.88 Å². The molecule has 3 rings (SSSR count). The molecule has 88 valence electrons. The van der Waals surface area contributed by atoms with Crippen molar-refractivity contribution in [1.29, 1.82) is 0 Å². The Bertz CT molecular complexity index is 552. The fourth-order valence-corrected chi connectivity index (χ4v) is 1.83. The number of fused-ring (bicyclic) bond motifs is 1. The van der Waals surface area contributed by atoms with Crippen LogP contribution in [0.15, 0.2) is 12.7 Å². The third-order valence-corrected chi connectivity index (χ3v) is 2.69. The van der Waals surface area contributed by atoms with Gasteiger partial charge in [0.2, 0.25) is 11.8 Å². The lowest BCUT2D eigenvalue weighted by Gasteiger charge is -2.10. The third-order valence-electron chi connectivity index (χ3n) is 2.69. The largest absolute Gasteiger partial charge is 0.474 e. The van der Waals surface area contributed by atoms with E-state index >= 15 is 0 Å². The summed E-state index contributed by atoms with van der Waals surface area (Å²) in [6.07, 6.45) is 4.32. The molecule has 3 heterocycles. The molecule has 0 bridgehead atoms. The first-order chi connectivity index (χ1) is 8.33. The van der Waals surface area contributed by atoms with Gasteiger partial charge in [-0.3, -0.25) is 4.79 Å². The highest BCUT2D eigenvalue weighted by atomic mass is 16.5. The van der Waals surface area contributed by atoms with Crippen LogP contribution in [0.3, 0.4) is 0 Å². The van der Waals surface area contributed by atoms with Crippen LogP contribution in [0.1, 0.15) is 12.8 Å². The molecule has 7 heteroatoms. The van der Waals surface area contributed by atoms with Crippen LogP contribution < -0.4 is 10.1 Å². The SMILES string of the molecule is O=C1CCC(COc2ncnc3nc[nH]c23)N1. The Hall–Kier alpha value is -2.18. The first kappa shape index (κ1) is 10.0. The van der Waals surface area contributed by atoms with Gasteiger partial charge in [0, 0.05) is 6.42 Å². The number of carbonyl (C=O) groups is 1. The number of hydrogen-bond acceptors (Lipinski definition) is 5. The molecule has 1 atom stereocenters. The third kappa shape index (κ3) is 1.91. The molecule has 1 saturated heterocycles. The summed E-state index contributed by atoms with van der Waals surface area (Å²) in [6, 6.07) is 0.0652. The Morgan fingerprint density at radius 3 is 3.18 bits per heavy atom. The average Bonchev–Trinajstić information content (AvgIpc) is 2.94. The van der Waals surface area contributed by atoms with Gasteiger partial charge in [-0.1, -0.05) is 0 Å². The van der Waals surface area contributed by atoms with Crippen LogP contribution in [-0.4, -0.2) is 38.5 Å². The number of nitrogens with zero attached hydrogens (tertiary/aromatic N) is 3. The fourth-order valence-electron chi connectivity index (χ4n) is 1.83. The van der Waals surface area contributed by atoms with Crippen LogP contribution in [0.2, 0.25) is 0 Å². The van der Waals surface area contributed by atoms with Crippen molar-refractivity contribution in [3.05, 3.63) is 12.7 Å². The van der Waals surface area contributed by atoms with Gasteiger partial charge in [0.1, 0.15) is 18.5 Å². The van der Waals surface area contributed by atoms with E-state index in [0.717, 1.165) is 6.42 Å². The molecular formula is C10H11N5O2. The molecule has 2 aromatic heterocycles. The lowest BCUT2D eigenvalue weighted by molar-refractivity contribution is -0.119. The number of carbonyl (C=O) groups excluding carboxylic acids is 1. The van der Waals surface area contributed by atoms with Gasteiger partial charge >= 0.3 is 0 Å². The van der Waals surface area contributed by atoms with Crippen LogP contribution in [0.25, 0.3) is 11.2 Å². The molecule has 1 aliphatic heterocycles. The number of amides is 1. The summed E-state index contributed by atoms with van der Waals surface area (Å²) in [5.41, 5.74) is 1.25. The van der Waals surface area contributed by atoms with E-state index < -0.39 is 0 Å². The number of imidazole rings is 1. The van der Waals surface area contributed by atoms with Crippen LogP contribution in [-0.2, 0) is 4.79 Å². The Morgan fingerprint density at radius 1 is 1.41 bits per heavy atom. The molecule has 0 saturated carbocycles. The maximum Gasteiger partial charge on any atom is 0.243 e. The van der Waals surface area contributed by atoms with E-state index in [1.807, 2.05) is 0 Å². The molecule has 0 aromatic carbocycles. The quantitative estimate of drug-likeness (QED) is 0.779. The summed E-state index contributed by atoms with van der Waals surface area (Å²) in [5, 5.41) is 2.83. The van der Waals surface area contributed by atoms with Crippen molar-refractivity contribution in [2.45, 2.75) is 18.9 Å². The minimum absolute atomic E-state index is 0.0652. The molecule has 0 radical (unpaired) electrons. The summed E-state index contributed by atoms with van der Waals surface area (Å²) in [7, 11) is 0. The van der Waals surface area contributed by atoms with E-state index in [1.165, 1.54) is 6.33 Å². The first-order valence-electron chi connectivity index (χ1n) is 5.39. The van der Waals surface area contributed by atoms with Gasteiger partial charge in [0.05, 0.1) is 12.4 Å². The molecule has 0 spiro atoms. The monoisotopic (exact) mass is 233 g/mol. The van der Waals surface area contributed by atoms with E-state index in [9.17, 15) is 4.79 Å². The zero-order chi connectivity index (χ0) is 11.7.